The van der Waals surface area contributed by atoms with Crippen LogP contribution in [0.15, 0.2) is 60.0 Å². The van der Waals surface area contributed by atoms with Crippen molar-refractivity contribution >= 4 is 23.2 Å². The summed E-state index contributed by atoms with van der Waals surface area (Å²) in [6.45, 7) is 4.21. The lowest BCUT2D eigenvalue weighted by Gasteiger charge is -2.30. The van der Waals surface area contributed by atoms with E-state index in [-0.39, 0.29) is 5.91 Å². The number of carbonyl (C=O) groups excluding carboxylic acids is 2. The lowest BCUT2D eigenvalue weighted by Crippen LogP contribution is -2.44. The highest BCUT2D eigenvalue weighted by Crippen LogP contribution is 2.23. The highest BCUT2D eigenvalue weighted by molar-refractivity contribution is 7.09. The standard InChI is InChI=1S/C24H24N2O5S/c1-17-25-20(16-32-17)15-30-21-9-7-19(8-10-21)24(28)31-22(18-5-3-2-4-6-18)23(27)26-11-13-29-14-12-26/h2-10,16,22H,11-15H2,1H3/t22-/m0/s1. The maximum atomic E-state index is 13.1. The minimum Gasteiger partial charge on any atom is -0.487 e. The third-order valence-corrected chi connectivity index (χ3v) is 5.84. The normalized spacial score (nSPS) is 14.6. The fourth-order valence-electron chi connectivity index (χ4n) is 3.33. The van der Waals surface area contributed by atoms with Crippen LogP contribution >= 0.6 is 11.3 Å². The molecule has 0 bridgehead atoms. The first-order valence-corrected chi connectivity index (χ1v) is 11.2. The molecule has 166 valence electrons. The summed E-state index contributed by atoms with van der Waals surface area (Å²) in [5.74, 6) is -0.190. The van der Waals surface area contributed by atoms with E-state index in [9.17, 15) is 9.59 Å². The molecule has 7 nitrogen and oxygen atoms in total. The molecule has 1 saturated heterocycles. The number of esters is 1. The molecule has 2 aromatic carbocycles. The van der Waals surface area contributed by atoms with Gasteiger partial charge < -0.3 is 19.1 Å². The second kappa shape index (κ2) is 10.4. The Hall–Kier alpha value is -3.23. The van der Waals surface area contributed by atoms with Crippen LogP contribution in [0.5, 0.6) is 5.75 Å². The molecule has 0 radical (unpaired) electrons. The minimum absolute atomic E-state index is 0.244. The molecule has 3 aromatic rings. The van der Waals surface area contributed by atoms with Gasteiger partial charge in [-0.3, -0.25) is 4.79 Å². The Morgan fingerprint density at radius 2 is 1.81 bits per heavy atom. The summed E-state index contributed by atoms with van der Waals surface area (Å²) in [7, 11) is 0. The lowest BCUT2D eigenvalue weighted by molar-refractivity contribution is -0.145. The van der Waals surface area contributed by atoms with Crippen LogP contribution in [0.2, 0.25) is 0 Å². The average molecular weight is 453 g/mol. The number of hydrogen-bond donors (Lipinski definition) is 0. The number of nitrogens with zero attached hydrogens (tertiary/aromatic N) is 2. The first kappa shape index (κ1) is 22.0. The Labute approximate surface area is 190 Å². The largest absolute Gasteiger partial charge is 0.487 e. The number of benzene rings is 2. The molecule has 0 unspecified atom stereocenters. The van der Waals surface area contributed by atoms with Gasteiger partial charge in [0.2, 0.25) is 6.10 Å². The van der Waals surface area contributed by atoms with Crippen LogP contribution in [0.3, 0.4) is 0 Å². The van der Waals surface area contributed by atoms with E-state index in [1.165, 1.54) is 0 Å². The molecule has 0 spiro atoms. The van der Waals surface area contributed by atoms with Crippen LogP contribution in [0, 0.1) is 6.92 Å². The number of ether oxygens (including phenoxy) is 3. The van der Waals surface area contributed by atoms with Crippen molar-refractivity contribution in [3.63, 3.8) is 0 Å². The highest BCUT2D eigenvalue weighted by Gasteiger charge is 2.30. The van der Waals surface area contributed by atoms with Crippen molar-refractivity contribution in [2.75, 3.05) is 26.3 Å². The zero-order chi connectivity index (χ0) is 22.3. The van der Waals surface area contributed by atoms with Crippen molar-refractivity contribution in [2.45, 2.75) is 19.6 Å². The van der Waals surface area contributed by atoms with E-state index in [4.69, 9.17) is 14.2 Å². The SMILES string of the molecule is Cc1nc(COc2ccc(C(=O)O[C@H](C(=O)N3CCOCC3)c3ccccc3)cc2)cs1. The number of rotatable bonds is 7. The van der Waals surface area contributed by atoms with Gasteiger partial charge in [0.1, 0.15) is 12.4 Å². The first-order chi connectivity index (χ1) is 15.6. The molecule has 32 heavy (non-hydrogen) atoms. The maximum absolute atomic E-state index is 13.1. The number of aryl methyl sites for hydroxylation is 1. The lowest BCUT2D eigenvalue weighted by atomic mass is 10.1. The fraction of sp³-hybridized carbons (Fsp3) is 0.292. The zero-order valence-corrected chi connectivity index (χ0v) is 18.5. The molecule has 1 aromatic heterocycles. The predicted octanol–water partition coefficient (Wildman–Crippen LogP) is 3.79. The molecule has 2 heterocycles. The van der Waals surface area contributed by atoms with Crippen molar-refractivity contribution in [3.05, 3.63) is 81.8 Å². The second-order valence-electron chi connectivity index (χ2n) is 7.30. The molecular weight excluding hydrogens is 428 g/mol. The van der Waals surface area contributed by atoms with E-state index in [0.717, 1.165) is 10.7 Å². The van der Waals surface area contributed by atoms with Crippen LogP contribution in [0.25, 0.3) is 0 Å². The Balaban J connectivity index is 1.43. The summed E-state index contributed by atoms with van der Waals surface area (Å²) in [5.41, 5.74) is 1.84. The van der Waals surface area contributed by atoms with Crippen LogP contribution < -0.4 is 4.74 Å². The maximum Gasteiger partial charge on any atom is 0.339 e. The summed E-state index contributed by atoms with van der Waals surface area (Å²) in [5, 5.41) is 2.94. The zero-order valence-electron chi connectivity index (χ0n) is 17.7. The number of amides is 1. The number of aromatic nitrogens is 1. The molecule has 4 rings (SSSR count). The van der Waals surface area contributed by atoms with E-state index >= 15 is 0 Å². The molecule has 8 heteroatoms. The highest BCUT2D eigenvalue weighted by atomic mass is 32.1. The van der Waals surface area contributed by atoms with E-state index in [2.05, 4.69) is 4.98 Å². The van der Waals surface area contributed by atoms with Crippen molar-refractivity contribution in [2.24, 2.45) is 0 Å². The van der Waals surface area contributed by atoms with Crippen molar-refractivity contribution < 1.29 is 23.8 Å². The van der Waals surface area contributed by atoms with Gasteiger partial charge >= 0.3 is 5.97 Å². The van der Waals surface area contributed by atoms with Crippen LogP contribution in [-0.4, -0.2) is 48.1 Å². The van der Waals surface area contributed by atoms with E-state index in [0.29, 0.717) is 49.8 Å². The first-order valence-electron chi connectivity index (χ1n) is 10.4. The van der Waals surface area contributed by atoms with Crippen LogP contribution in [0.4, 0.5) is 0 Å². The monoisotopic (exact) mass is 452 g/mol. The van der Waals surface area contributed by atoms with E-state index < -0.39 is 12.1 Å². The van der Waals surface area contributed by atoms with E-state index in [1.807, 2.05) is 30.5 Å². The smallest absolute Gasteiger partial charge is 0.339 e. The Kier molecular flexibility index (Phi) is 7.14. The molecule has 1 amide bonds. The van der Waals surface area contributed by atoms with Gasteiger partial charge in [0.15, 0.2) is 0 Å². The van der Waals surface area contributed by atoms with Gasteiger partial charge in [-0.1, -0.05) is 30.3 Å². The van der Waals surface area contributed by atoms with Crippen LogP contribution in [-0.2, 0) is 20.9 Å². The summed E-state index contributed by atoms with van der Waals surface area (Å²) >= 11 is 1.57. The van der Waals surface area contributed by atoms with Gasteiger partial charge in [-0.05, 0) is 31.2 Å². The Morgan fingerprint density at radius 3 is 2.47 bits per heavy atom. The Morgan fingerprint density at radius 1 is 1.09 bits per heavy atom. The second-order valence-corrected chi connectivity index (χ2v) is 8.37. The molecular formula is C24H24N2O5S. The topological polar surface area (TPSA) is 78.0 Å². The average Bonchev–Trinajstić information content (AvgIpc) is 3.27. The van der Waals surface area contributed by atoms with Gasteiger partial charge in [-0.15, -0.1) is 11.3 Å². The predicted molar refractivity (Wildman–Crippen MR) is 120 cm³/mol. The van der Waals surface area contributed by atoms with Crippen molar-refractivity contribution in [3.8, 4) is 5.75 Å². The molecule has 0 saturated carbocycles. The summed E-state index contributed by atoms with van der Waals surface area (Å²) in [6.07, 6.45) is -1.01. The van der Waals surface area contributed by atoms with Gasteiger partial charge in [-0.2, -0.15) is 0 Å². The number of carbonyl (C=O) groups is 2. The van der Waals surface area contributed by atoms with Gasteiger partial charge in [0, 0.05) is 24.0 Å². The van der Waals surface area contributed by atoms with Gasteiger partial charge in [0.25, 0.3) is 5.91 Å². The van der Waals surface area contributed by atoms with Crippen LogP contribution in [0.1, 0.15) is 32.7 Å². The summed E-state index contributed by atoms with van der Waals surface area (Å²) < 4.78 is 16.7. The summed E-state index contributed by atoms with van der Waals surface area (Å²) in [4.78, 5) is 32.0. The number of hydrogen-bond acceptors (Lipinski definition) is 7. The van der Waals surface area contributed by atoms with Crippen molar-refractivity contribution in [1.29, 1.82) is 0 Å². The molecule has 0 aliphatic carbocycles. The third kappa shape index (κ3) is 5.52. The van der Waals surface area contributed by atoms with Crippen molar-refractivity contribution in [1.82, 2.24) is 9.88 Å². The number of thiazole rings is 1. The Bertz CT molecular complexity index is 1050. The fourth-order valence-corrected chi connectivity index (χ4v) is 3.93. The summed E-state index contributed by atoms with van der Waals surface area (Å²) in [6, 6.07) is 15.7. The molecule has 0 N–H and O–H groups in total. The molecule has 1 aliphatic heterocycles. The van der Waals surface area contributed by atoms with Gasteiger partial charge in [-0.25, -0.2) is 9.78 Å². The number of morpholine rings is 1. The minimum atomic E-state index is -1.01. The quantitative estimate of drug-likeness (QED) is 0.508. The van der Waals surface area contributed by atoms with E-state index in [1.54, 1.807) is 52.6 Å². The van der Waals surface area contributed by atoms with Gasteiger partial charge in [0.05, 0.1) is 29.5 Å². The molecule has 1 atom stereocenters. The third-order valence-electron chi connectivity index (χ3n) is 5.02. The molecule has 1 fully saturated rings. The molecule has 1 aliphatic rings.